The largest absolute Gasteiger partial charge is 0.493 e. The number of rotatable bonds is 12. The first-order valence-corrected chi connectivity index (χ1v) is 14.6. The molecule has 0 amide bonds. The van der Waals surface area contributed by atoms with Crippen LogP contribution < -0.4 is 18.9 Å². The number of hydrogen-bond donors (Lipinski definition) is 0. The zero-order chi connectivity index (χ0) is 30.7. The van der Waals surface area contributed by atoms with Gasteiger partial charge in [0.2, 0.25) is 0 Å². The summed E-state index contributed by atoms with van der Waals surface area (Å²) < 4.78 is 34.4. The second kappa shape index (κ2) is 15.0. The lowest BCUT2D eigenvalue weighted by molar-refractivity contribution is -0.0177. The van der Waals surface area contributed by atoms with E-state index in [1.54, 1.807) is 36.4 Å². The molecule has 44 heavy (non-hydrogen) atoms. The van der Waals surface area contributed by atoms with Gasteiger partial charge in [0.15, 0.2) is 23.0 Å². The first-order chi connectivity index (χ1) is 21.5. The molecule has 5 rings (SSSR count). The van der Waals surface area contributed by atoms with Gasteiger partial charge < -0.3 is 28.4 Å². The van der Waals surface area contributed by atoms with Crippen LogP contribution in [0, 0.1) is 0 Å². The van der Waals surface area contributed by atoms with Crippen molar-refractivity contribution in [3.05, 3.63) is 119 Å². The number of carbonyl (C=O) groups is 2. The van der Waals surface area contributed by atoms with Gasteiger partial charge in [-0.15, -0.1) is 0 Å². The molecule has 4 aromatic rings. The molecule has 1 fully saturated rings. The molecule has 1 aliphatic rings. The number of benzene rings is 4. The molecule has 0 bridgehead atoms. The van der Waals surface area contributed by atoms with Crippen molar-refractivity contribution in [3.8, 4) is 23.0 Å². The fourth-order valence-electron chi connectivity index (χ4n) is 5.05. The Morgan fingerprint density at radius 2 is 1.02 bits per heavy atom. The van der Waals surface area contributed by atoms with E-state index < -0.39 is 11.9 Å². The topological polar surface area (TPSA) is 89.5 Å². The SMILES string of the molecule is COc1cc(C(=O)OC2CCCC(OC(=O)c3ccc(OCc4ccccc4)c(OC)c3)C2)ccc1OCc1ccccc1. The van der Waals surface area contributed by atoms with E-state index in [0.717, 1.165) is 17.5 Å². The Bertz CT molecular complexity index is 1420. The van der Waals surface area contributed by atoms with Crippen molar-refractivity contribution >= 4 is 11.9 Å². The van der Waals surface area contributed by atoms with Crippen LogP contribution in [-0.4, -0.2) is 38.4 Å². The summed E-state index contributed by atoms with van der Waals surface area (Å²) >= 11 is 0. The summed E-state index contributed by atoms with van der Waals surface area (Å²) in [4.78, 5) is 26.0. The molecule has 0 heterocycles. The highest BCUT2D eigenvalue weighted by Gasteiger charge is 2.29. The minimum absolute atomic E-state index is 0.356. The third kappa shape index (κ3) is 8.10. The molecule has 4 aromatic carbocycles. The zero-order valence-corrected chi connectivity index (χ0v) is 24.9. The van der Waals surface area contributed by atoms with E-state index in [-0.39, 0.29) is 12.2 Å². The van der Waals surface area contributed by atoms with Gasteiger partial charge in [-0.25, -0.2) is 9.59 Å². The van der Waals surface area contributed by atoms with Gasteiger partial charge in [-0.2, -0.15) is 0 Å². The van der Waals surface area contributed by atoms with Crippen LogP contribution in [0.25, 0.3) is 0 Å². The van der Waals surface area contributed by atoms with Gasteiger partial charge in [0.25, 0.3) is 0 Å². The standard InChI is InChI=1S/C36H36O8/c1-39-33-20-27(16-18-31(33)41-23-25-10-5-3-6-11-25)35(37)43-29-14-9-15-30(22-29)44-36(38)28-17-19-32(34(21-28)40-2)42-24-26-12-7-4-8-13-26/h3-8,10-13,16-21,29-30H,9,14-15,22-24H2,1-2H3. The molecule has 0 N–H and O–H groups in total. The minimum Gasteiger partial charge on any atom is -0.493 e. The van der Waals surface area contributed by atoms with Crippen LogP contribution in [0.2, 0.25) is 0 Å². The average molecular weight is 597 g/mol. The molecule has 2 atom stereocenters. The van der Waals surface area contributed by atoms with Crippen LogP contribution in [0.5, 0.6) is 23.0 Å². The van der Waals surface area contributed by atoms with Crippen molar-refractivity contribution in [2.45, 2.75) is 51.1 Å². The maximum absolute atomic E-state index is 13.0. The van der Waals surface area contributed by atoms with Crippen LogP contribution >= 0.6 is 0 Å². The summed E-state index contributed by atoms with van der Waals surface area (Å²) in [7, 11) is 3.06. The number of esters is 2. The predicted octanol–water partition coefficient (Wildman–Crippen LogP) is 7.19. The normalized spacial score (nSPS) is 16.0. The fourth-order valence-corrected chi connectivity index (χ4v) is 5.05. The van der Waals surface area contributed by atoms with Crippen LogP contribution in [0.1, 0.15) is 57.5 Å². The molecule has 0 saturated heterocycles. The van der Waals surface area contributed by atoms with Gasteiger partial charge >= 0.3 is 11.9 Å². The average Bonchev–Trinajstić information content (AvgIpc) is 3.07. The van der Waals surface area contributed by atoms with Gasteiger partial charge in [0, 0.05) is 6.42 Å². The Kier molecular flexibility index (Phi) is 10.4. The molecule has 0 aromatic heterocycles. The van der Waals surface area contributed by atoms with Crippen molar-refractivity contribution in [1.29, 1.82) is 0 Å². The maximum atomic E-state index is 13.0. The third-order valence-corrected chi connectivity index (χ3v) is 7.40. The van der Waals surface area contributed by atoms with Crippen molar-refractivity contribution in [3.63, 3.8) is 0 Å². The monoisotopic (exact) mass is 596 g/mol. The summed E-state index contributed by atoms with van der Waals surface area (Å²) in [6.07, 6.45) is 1.81. The van der Waals surface area contributed by atoms with Crippen LogP contribution in [0.15, 0.2) is 97.1 Å². The quantitative estimate of drug-likeness (QED) is 0.159. The van der Waals surface area contributed by atoms with Gasteiger partial charge in [-0.3, -0.25) is 0 Å². The highest BCUT2D eigenvalue weighted by Crippen LogP contribution is 2.32. The summed E-state index contributed by atoms with van der Waals surface area (Å²) in [6.45, 7) is 0.754. The fraction of sp³-hybridized carbons (Fsp3) is 0.278. The van der Waals surface area contributed by atoms with Crippen LogP contribution in [0.4, 0.5) is 0 Å². The number of ether oxygens (including phenoxy) is 6. The molecule has 1 aliphatic carbocycles. The second-order valence-electron chi connectivity index (χ2n) is 10.5. The molecule has 1 saturated carbocycles. The van der Waals surface area contributed by atoms with Crippen molar-refractivity contribution in [2.75, 3.05) is 14.2 Å². The number of methoxy groups -OCH3 is 2. The summed E-state index contributed by atoms with van der Waals surface area (Å²) in [5.41, 5.74) is 2.76. The summed E-state index contributed by atoms with van der Waals surface area (Å²) in [5.74, 6) is 1.02. The molecule has 0 aliphatic heterocycles. The Morgan fingerprint density at radius 1 is 0.591 bits per heavy atom. The van der Waals surface area contributed by atoms with Crippen molar-refractivity contribution in [1.82, 2.24) is 0 Å². The van der Waals surface area contributed by atoms with E-state index in [0.29, 0.717) is 66.6 Å². The molecule has 0 spiro atoms. The van der Waals surface area contributed by atoms with E-state index in [2.05, 4.69) is 0 Å². The van der Waals surface area contributed by atoms with Crippen LogP contribution in [-0.2, 0) is 22.7 Å². The first-order valence-electron chi connectivity index (χ1n) is 14.6. The third-order valence-electron chi connectivity index (χ3n) is 7.40. The molecule has 2 unspecified atom stereocenters. The highest BCUT2D eigenvalue weighted by atomic mass is 16.6. The number of carbonyl (C=O) groups excluding carboxylic acids is 2. The Hall–Kier alpha value is -4.98. The molecular formula is C36H36O8. The first kappa shape index (κ1) is 30.5. The smallest absolute Gasteiger partial charge is 0.338 e. The second-order valence-corrected chi connectivity index (χ2v) is 10.5. The van der Waals surface area contributed by atoms with Crippen molar-refractivity contribution in [2.24, 2.45) is 0 Å². The molecule has 0 radical (unpaired) electrons. The minimum atomic E-state index is -0.467. The summed E-state index contributed by atoms with van der Waals surface area (Å²) in [5, 5.41) is 0. The van der Waals surface area contributed by atoms with E-state index in [1.165, 1.54) is 14.2 Å². The lowest BCUT2D eigenvalue weighted by Gasteiger charge is -2.28. The molecule has 228 valence electrons. The van der Waals surface area contributed by atoms with Gasteiger partial charge in [0.05, 0.1) is 25.3 Å². The van der Waals surface area contributed by atoms with Crippen molar-refractivity contribution < 1.29 is 38.0 Å². The molecule has 8 nitrogen and oxygen atoms in total. The van der Waals surface area contributed by atoms with E-state index in [1.807, 2.05) is 60.7 Å². The van der Waals surface area contributed by atoms with Crippen LogP contribution in [0.3, 0.4) is 0 Å². The number of hydrogen-bond acceptors (Lipinski definition) is 8. The molecule has 8 heteroatoms. The van der Waals surface area contributed by atoms with E-state index in [4.69, 9.17) is 28.4 Å². The maximum Gasteiger partial charge on any atom is 0.338 e. The lowest BCUT2D eigenvalue weighted by Crippen LogP contribution is -2.31. The van der Waals surface area contributed by atoms with Gasteiger partial charge in [0.1, 0.15) is 25.4 Å². The highest BCUT2D eigenvalue weighted by molar-refractivity contribution is 5.91. The Balaban J connectivity index is 1.14. The van der Waals surface area contributed by atoms with Gasteiger partial charge in [-0.1, -0.05) is 60.7 Å². The van der Waals surface area contributed by atoms with Gasteiger partial charge in [-0.05, 0) is 66.8 Å². The van der Waals surface area contributed by atoms with E-state index >= 15 is 0 Å². The Morgan fingerprint density at radius 3 is 1.43 bits per heavy atom. The Labute approximate surface area is 257 Å². The summed E-state index contributed by atoms with van der Waals surface area (Å²) in [6, 6.07) is 29.5. The predicted molar refractivity (Wildman–Crippen MR) is 164 cm³/mol. The van der Waals surface area contributed by atoms with E-state index in [9.17, 15) is 9.59 Å². The zero-order valence-electron chi connectivity index (χ0n) is 24.9. The molecular weight excluding hydrogens is 560 g/mol. The lowest BCUT2D eigenvalue weighted by atomic mass is 9.94.